The van der Waals surface area contributed by atoms with Crippen LogP contribution in [0.1, 0.15) is 41.8 Å². The minimum Gasteiger partial charge on any atom is -0.458 e. The van der Waals surface area contributed by atoms with E-state index in [4.69, 9.17) is 10.00 Å². The number of fused-ring (bicyclic) bond motifs is 1. The zero-order valence-corrected chi connectivity index (χ0v) is 22.2. The molecule has 0 unspecified atom stereocenters. The lowest BCUT2D eigenvalue weighted by Crippen LogP contribution is -2.15. The fourth-order valence-electron chi connectivity index (χ4n) is 4.90. The monoisotopic (exact) mass is 565 g/mol. The van der Waals surface area contributed by atoms with Crippen molar-refractivity contribution in [2.45, 2.75) is 38.8 Å². The minimum atomic E-state index is -0.696. The van der Waals surface area contributed by atoms with Crippen molar-refractivity contribution in [1.82, 2.24) is 24.5 Å². The Morgan fingerprint density at radius 3 is 2.50 bits per heavy atom. The molecule has 1 saturated carbocycles. The van der Waals surface area contributed by atoms with Gasteiger partial charge in [0.05, 0.1) is 23.4 Å². The number of hydrogen-bond donors (Lipinski definition) is 0. The fourth-order valence-corrected chi connectivity index (χ4v) is 4.90. The van der Waals surface area contributed by atoms with Crippen molar-refractivity contribution >= 4 is 11.2 Å². The summed E-state index contributed by atoms with van der Waals surface area (Å²) in [6, 6.07) is 15.1. The Kier molecular flexibility index (Phi) is 7.01. The fraction of sp³-hybridized carbons (Fsp3) is 0.226. The second kappa shape index (κ2) is 10.9. The predicted octanol–water partition coefficient (Wildman–Crippen LogP) is 6.04. The molecule has 0 radical (unpaired) electrons. The SMILES string of the molecule is N#CCC1(Cn2c(Cc3cc(F)c(-c4ccnc(OCc5ccc(C#N)cc5F)n4)cc3F)nc3cccnc32)CC1. The van der Waals surface area contributed by atoms with Crippen LogP contribution in [0.5, 0.6) is 6.01 Å². The van der Waals surface area contributed by atoms with Gasteiger partial charge in [-0.15, -0.1) is 0 Å². The Bertz CT molecular complexity index is 1900. The Hall–Kier alpha value is -5.29. The average Bonchev–Trinajstić information content (AvgIpc) is 3.67. The van der Waals surface area contributed by atoms with Crippen LogP contribution in [0, 0.1) is 45.5 Å². The molecule has 5 aromatic rings. The van der Waals surface area contributed by atoms with Crippen LogP contribution in [-0.2, 0) is 19.6 Å². The molecule has 3 heterocycles. The topological polar surface area (TPSA) is 113 Å². The summed E-state index contributed by atoms with van der Waals surface area (Å²) in [5, 5.41) is 18.2. The number of hydrogen-bond acceptors (Lipinski definition) is 7. The molecule has 3 aromatic heterocycles. The number of benzene rings is 2. The van der Waals surface area contributed by atoms with Crippen molar-refractivity contribution < 1.29 is 17.9 Å². The van der Waals surface area contributed by atoms with Crippen molar-refractivity contribution in [3.63, 3.8) is 0 Å². The number of pyridine rings is 1. The number of nitriles is 2. The molecular weight excluding hydrogens is 543 g/mol. The van der Waals surface area contributed by atoms with Crippen LogP contribution in [0.4, 0.5) is 13.2 Å². The summed E-state index contributed by atoms with van der Waals surface area (Å²) in [6.07, 6.45) is 5.25. The van der Waals surface area contributed by atoms with E-state index in [2.05, 4.69) is 26.0 Å². The first kappa shape index (κ1) is 26.9. The van der Waals surface area contributed by atoms with Gasteiger partial charge in [-0.05, 0) is 60.9 Å². The van der Waals surface area contributed by atoms with Crippen LogP contribution in [0.3, 0.4) is 0 Å². The van der Waals surface area contributed by atoms with E-state index < -0.39 is 17.5 Å². The molecule has 0 N–H and O–H groups in total. The quantitative estimate of drug-likeness (QED) is 0.214. The van der Waals surface area contributed by atoms with Gasteiger partial charge in [0.15, 0.2) is 5.65 Å². The van der Waals surface area contributed by atoms with Crippen molar-refractivity contribution in [2.24, 2.45) is 5.41 Å². The molecule has 2 aromatic carbocycles. The van der Waals surface area contributed by atoms with Crippen LogP contribution < -0.4 is 4.74 Å². The molecule has 0 atom stereocenters. The highest BCUT2D eigenvalue weighted by molar-refractivity contribution is 5.71. The smallest absolute Gasteiger partial charge is 0.317 e. The largest absolute Gasteiger partial charge is 0.458 e. The highest BCUT2D eigenvalue weighted by Gasteiger charge is 2.43. The lowest BCUT2D eigenvalue weighted by atomic mass is 10.0. The van der Waals surface area contributed by atoms with E-state index in [1.54, 1.807) is 12.3 Å². The molecule has 1 aliphatic rings. The number of halogens is 3. The van der Waals surface area contributed by atoms with Crippen molar-refractivity contribution in [3.05, 3.63) is 101 Å². The third-order valence-corrected chi connectivity index (χ3v) is 7.42. The second-order valence-corrected chi connectivity index (χ2v) is 10.3. The molecule has 1 fully saturated rings. The molecule has 8 nitrogen and oxygen atoms in total. The molecule has 0 bridgehead atoms. The summed E-state index contributed by atoms with van der Waals surface area (Å²) >= 11 is 0. The first-order chi connectivity index (χ1) is 20.4. The summed E-state index contributed by atoms with van der Waals surface area (Å²) in [5.74, 6) is -1.42. The van der Waals surface area contributed by atoms with E-state index in [1.165, 1.54) is 24.4 Å². The van der Waals surface area contributed by atoms with E-state index in [-0.39, 0.29) is 52.4 Å². The maximum atomic E-state index is 15.4. The van der Waals surface area contributed by atoms with Crippen LogP contribution in [0.15, 0.2) is 60.9 Å². The zero-order valence-electron chi connectivity index (χ0n) is 22.2. The van der Waals surface area contributed by atoms with Crippen LogP contribution >= 0.6 is 0 Å². The lowest BCUT2D eigenvalue weighted by Gasteiger charge is -2.15. The van der Waals surface area contributed by atoms with Gasteiger partial charge in [-0.25, -0.2) is 28.1 Å². The molecule has 6 rings (SSSR count). The highest BCUT2D eigenvalue weighted by atomic mass is 19.1. The van der Waals surface area contributed by atoms with Crippen molar-refractivity contribution in [2.75, 3.05) is 0 Å². The number of ether oxygens (including phenoxy) is 1. The Balaban J connectivity index is 1.25. The molecule has 11 heteroatoms. The van der Waals surface area contributed by atoms with Gasteiger partial charge < -0.3 is 9.30 Å². The number of nitrogens with zero attached hydrogens (tertiary/aromatic N) is 7. The molecule has 0 spiro atoms. The Morgan fingerprint density at radius 1 is 0.905 bits per heavy atom. The summed E-state index contributed by atoms with van der Waals surface area (Å²) in [5.41, 5.74) is 1.61. The molecule has 0 amide bonds. The summed E-state index contributed by atoms with van der Waals surface area (Å²) in [6.45, 7) is 0.309. The van der Waals surface area contributed by atoms with E-state index in [1.807, 2.05) is 16.7 Å². The van der Waals surface area contributed by atoms with Gasteiger partial charge in [-0.3, -0.25) is 0 Å². The Morgan fingerprint density at radius 2 is 1.74 bits per heavy atom. The molecule has 0 aliphatic heterocycles. The summed E-state index contributed by atoms with van der Waals surface area (Å²) in [7, 11) is 0. The molecule has 42 heavy (non-hydrogen) atoms. The predicted molar refractivity (Wildman–Crippen MR) is 145 cm³/mol. The molecule has 1 aliphatic carbocycles. The first-order valence-electron chi connectivity index (χ1n) is 13.2. The van der Waals surface area contributed by atoms with Crippen LogP contribution in [-0.4, -0.2) is 24.5 Å². The molecule has 208 valence electrons. The standard InChI is InChI=1S/C31H22F3N7O/c32-23-12-19(16-36)3-4-20(23)17-42-30-38-11-5-26(40-30)22-15-24(33)21(13-25(22)34)14-28-39-27-2-1-10-37-29(27)41(28)18-31(6-7-31)8-9-35/h1-5,10-13,15H,6-8,14,17-18H2. The van der Waals surface area contributed by atoms with E-state index in [0.717, 1.165) is 31.0 Å². The van der Waals surface area contributed by atoms with Crippen molar-refractivity contribution in [1.29, 1.82) is 10.5 Å². The Labute approximate surface area is 238 Å². The average molecular weight is 566 g/mol. The molecule has 0 saturated heterocycles. The van der Waals surface area contributed by atoms with Crippen LogP contribution in [0.25, 0.3) is 22.4 Å². The van der Waals surface area contributed by atoms with Gasteiger partial charge >= 0.3 is 6.01 Å². The number of aromatic nitrogens is 5. The maximum absolute atomic E-state index is 15.4. The highest BCUT2D eigenvalue weighted by Crippen LogP contribution is 2.50. The molecular formula is C31H22F3N7O. The maximum Gasteiger partial charge on any atom is 0.317 e. The van der Waals surface area contributed by atoms with E-state index >= 15 is 8.78 Å². The number of imidazole rings is 1. The van der Waals surface area contributed by atoms with Gasteiger partial charge in [-0.2, -0.15) is 15.5 Å². The van der Waals surface area contributed by atoms with Gasteiger partial charge in [0.2, 0.25) is 0 Å². The van der Waals surface area contributed by atoms with Gasteiger partial charge in [0, 0.05) is 48.3 Å². The first-order valence-corrected chi connectivity index (χ1v) is 13.2. The zero-order chi connectivity index (χ0) is 29.3. The van der Waals surface area contributed by atoms with Gasteiger partial charge in [0.25, 0.3) is 0 Å². The number of rotatable bonds is 9. The van der Waals surface area contributed by atoms with Gasteiger partial charge in [0.1, 0.15) is 35.4 Å². The summed E-state index contributed by atoms with van der Waals surface area (Å²) < 4.78 is 52.4. The lowest BCUT2D eigenvalue weighted by molar-refractivity contribution is 0.275. The third kappa shape index (κ3) is 5.37. The van der Waals surface area contributed by atoms with Crippen LogP contribution in [0.2, 0.25) is 0 Å². The normalized spacial score (nSPS) is 13.5. The third-order valence-electron chi connectivity index (χ3n) is 7.42. The summed E-state index contributed by atoms with van der Waals surface area (Å²) in [4.78, 5) is 17.3. The van der Waals surface area contributed by atoms with Gasteiger partial charge in [-0.1, -0.05) is 6.07 Å². The second-order valence-electron chi connectivity index (χ2n) is 10.3. The van der Waals surface area contributed by atoms with Crippen molar-refractivity contribution in [3.8, 4) is 29.4 Å². The van der Waals surface area contributed by atoms with E-state index in [9.17, 15) is 9.65 Å². The van der Waals surface area contributed by atoms with E-state index in [0.29, 0.717) is 30.0 Å². The minimum absolute atomic E-state index is 0.0241.